The van der Waals surface area contributed by atoms with Crippen LogP contribution in [0.25, 0.3) is 10.8 Å². The standard InChI is InChI=1S/C19H15N3O3/c1-13-9-10-15-6-2-3-8-17(15)18(13)19(23)21-20-12-14-5-4-7-16(11-14)22(24)25/h2-12H,1H3,(H,21,23)/b20-12-. The summed E-state index contributed by atoms with van der Waals surface area (Å²) in [5, 5.41) is 16.5. The van der Waals surface area contributed by atoms with Crippen LogP contribution in [0, 0.1) is 17.0 Å². The number of fused-ring (bicyclic) bond motifs is 1. The molecule has 1 N–H and O–H groups in total. The smallest absolute Gasteiger partial charge is 0.267 e. The Morgan fingerprint density at radius 2 is 1.92 bits per heavy atom. The van der Waals surface area contributed by atoms with E-state index in [-0.39, 0.29) is 11.6 Å². The van der Waals surface area contributed by atoms with Gasteiger partial charge in [-0.05, 0) is 23.3 Å². The number of rotatable bonds is 4. The molecule has 0 aromatic heterocycles. The van der Waals surface area contributed by atoms with Gasteiger partial charge >= 0.3 is 0 Å². The highest BCUT2D eigenvalue weighted by atomic mass is 16.6. The number of carbonyl (C=O) groups excluding carboxylic acids is 1. The van der Waals surface area contributed by atoms with Crippen LogP contribution >= 0.6 is 0 Å². The third-order valence-corrected chi connectivity index (χ3v) is 3.83. The quantitative estimate of drug-likeness (QED) is 0.447. The van der Waals surface area contributed by atoms with Crippen molar-refractivity contribution in [2.75, 3.05) is 0 Å². The molecular formula is C19H15N3O3. The summed E-state index contributed by atoms with van der Waals surface area (Å²) < 4.78 is 0. The van der Waals surface area contributed by atoms with E-state index >= 15 is 0 Å². The Bertz CT molecular complexity index is 996. The minimum Gasteiger partial charge on any atom is -0.267 e. The number of hydrogen-bond donors (Lipinski definition) is 1. The molecule has 1 amide bonds. The van der Waals surface area contributed by atoms with Crippen molar-refractivity contribution in [3.05, 3.63) is 87.5 Å². The van der Waals surface area contributed by atoms with Gasteiger partial charge in [-0.3, -0.25) is 14.9 Å². The molecule has 3 aromatic carbocycles. The van der Waals surface area contributed by atoms with E-state index in [9.17, 15) is 14.9 Å². The predicted octanol–water partition coefficient (Wildman–Crippen LogP) is 3.82. The number of carbonyl (C=O) groups is 1. The highest BCUT2D eigenvalue weighted by Gasteiger charge is 2.12. The lowest BCUT2D eigenvalue weighted by Crippen LogP contribution is -2.19. The first-order valence-corrected chi connectivity index (χ1v) is 7.62. The Hall–Kier alpha value is -3.54. The van der Waals surface area contributed by atoms with Gasteiger partial charge in [-0.2, -0.15) is 5.10 Å². The zero-order valence-electron chi connectivity index (χ0n) is 13.5. The van der Waals surface area contributed by atoms with Gasteiger partial charge in [0.1, 0.15) is 0 Å². The van der Waals surface area contributed by atoms with E-state index < -0.39 is 4.92 Å². The van der Waals surface area contributed by atoms with Crippen molar-refractivity contribution in [2.45, 2.75) is 6.92 Å². The van der Waals surface area contributed by atoms with Gasteiger partial charge < -0.3 is 0 Å². The Balaban J connectivity index is 1.83. The van der Waals surface area contributed by atoms with Gasteiger partial charge in [0.15, 0.2) is 0 Å². The van der Waals surface area contributed by atoms with Crippen molar-refractivity contribution in [1.82, 2.24) is 5.43 Å². The first kappa shape index (κ1) is 16.3. The summed E-state index contributed by atoms with van der Waals surface area (Å²) in [7, 11) is 0. The molecule has 3 rings (SSSR count). The Kier molecular flexibility index (Phi) is 4.52. The normalized spacial score (nSPS) is 10.9. The Labute approximate surface area is 143 Å². The number of aryl methyl sites for hydroxylation is 1. The molecule has 0 saturated heterocycles. The maximum Gasteiger partial charge on any atom is 0.272 e. The van der Waals surface area contributed by atoms with Crippen LogP contribution in [0.1, 0.15) is 21.5 Å². The summed E-state index contributed by atoms with van der Waals surface area (Å²) in [6, 6.07) is 17.5. The van der Waals surface area contributed by atoms with Crippen LogP contribution in [0.2, 0.25) is 0 Å². The molecule has 0 aliphatic rings. The highest BCUT2D eigenvalue weighted by molar-refractivity contribution is 6.08. The second-order valence-corrected chi connectivity index (χ2v) is 5.53. The fourth-order valence-electron chi connectivity index (χ4n) is 2.62. The number of hydrazone groups is 1. The molecule has 0 heterocycles. The van der Waals surface area contributed by atoms with Gasteiger partial charge in [0.05, 0.1) is 16.7 Å². The third-order valence-electron chi connectivity index (χ3n) is 3.83. The number of non-ortho nitro benzene ring substituents is 1. The van der Waals surface area contributed by atoms with Gasteiger partial charge in [-0.25, -0.2) is 5.43 Å². The zero-order valence-corrected chi connectivity index (χ0v) is 13.5. The first-order chi connectivity index (χ1) is 12.1. The number of nitro benzene ring substituents is 1. The minimum absolute atomic E-state index is 0.0276. The minimum atomic E-state index is -0.477. The van der Waals surface area contributed by atoms with E-state index in [0.29, 0.717) is 11.1 Å². The highest BCUT2D eigenvalue weighted by Crippen LogP contribution is 2.22. The molecule has 124 valence electrons. The van der Waals surface area contributed by atoms with Gasteiger partial charge in [-0.1, -0.05) is 48.5 Å². The van der Waals surface area contributed by atoms with Gasteiger partial charge in [0, 0.05) is 17.7 Å². The molecule has 0 aliphatic heterocycles. The van der Waals surface area contributed by atoms with E-state index in [1.54, 1.807) is 12.1 Å². The molecule has 0 fully saturated rings. The predicted molar refractivity (Wildman–Crippen MR) is 96.8 cm³/mol. The molecule has 3 aromatic rings. The molecule has 25 heavy (non-hydrogen) atoms. The van der Waals surface area contributed by atoms with Gasteiger partial charge in [-0.15, -0.1) is 0 Å². The lowest BCUT2D eigenvalue weighted by molar-refractivity contribution is -0.384. The molecule has 0 bridgehead atoms. The van der Waals surface area contributed by atoms with Crippen molar-refractivity contribution in [3.63, 3.8) is 0 Å². The topological polar surface area (TPSA) is 84.6 Å². The largest absolute Gasteiger partial charge is 0.272 e. The molecule has 0 aliphatic carbocycles. The van der Waals surface area contributed by atoms with E-state index in [2.05, 4.69) is 10.5 Å². The van der Waals surface area contributed by atoms with Gasteiger partial charge in [0.25, 0.3) is 11.6 Å². The molecular weight excluding hydrogens is 318 g/mol. The Morgan fingerprint density at radius 3 is 2.72 bits per heavy atom. The van der Waals surface area contributed by atoms with Crippen molar-refractivity contribution in [3.8, 4) is 0 Å². The van der Waals surface area contributed by atoms with E-state index in [1.165, 1.54) is 18.3 Å². The SMILES string of the molecule is Cc1ccc2ccccc2c1C(=O)N/N=C\c1cccc([N+](=O)[O-])c1. The zero-order chi connectivity index (χ0) is 17.8. The molecule has 0 saturated carbocycles. The Morgan fingerprint density at radius 1 is 1.12 bits per heavy atom. The van der Waals surface area contributed by atoms with E-state index in [4.69, 9.17) is 0 Å². The average molecular weight is 333 g/mol. The summed E-state index contributed by atoms with van der Waals surface area (Å²) >= 11 is 0. The van der Waals surface area contributed by atoms with Crippen molar-refractivity contribution in [2.24, 2.45) is 5.10 Å². The van der Waals surface area contributed by atoms with Crippen molar-refractivity contribution >= 4 is 28.6 Å². The van der Waals surface area contributed by atoms with E-state index in [1.807, 2.05) is 43.3 Å². The number of amides is 1. The van der Waals surface area contributed by atoms with Crippen molar-refractivity contribution in [1.29, 1.82) is 0 Å². The maximum absolute atomic E-state index is 12.5. The summed E-state index contributed by atoms with van der Waals surface area (Å²) in [5.74, 6) is -0.323. The fraction of sp³-hybridized carbons (Fsp3) is 0.0526. The molecule has 6 nitrogen and oxygen atoms in total. The number of nitro groups is 1. The molecule has 0 atom stereocenters. The number of benzene rings is 3. The molecule has 0 spiro atoms. The van der Waals surface area contributed by atoms with Crippen molar-refractivity contribution < 1.29 is 9.72 Å². The molecule has 0 unspecified atom stereocenters. The maximum atomic E-state index is 12.5. The monoisotopic (exact) mass is 333 g/mol. The van der Waals surface area contributed by atoms with Crippen LogP contribution < -0.4 is 5.43 Å². The molecule has 0 radical (unpaired) electrons. The van der Waals surface area contributed by atoms with Crippen LogP contribution in [0.5, 0.6) is 0 Å². The molecule has 6 heteroatoms. The summed E-state index contributed by atoms with van der Waals surface area (Å²) in [4.78, 5) is 22.8. The second-order valence-electron chi connectivity index (χ2n) is 5.53. The van der Waals surface area contributed by atoms with Crippen LogP contribution in [0.3, 0.4) is 0 Å². The number of hydrogen-bond acceptors (Lipinski definition) is 4. The fourth-order valence-corrected chi connectivity index (χ4v) is 2.62. The number of nitrogens with one attached hydrogen (secondary N) is 1. The van der Waals surface area contributed by atoms with Crippen LogP contribution in [-0.4, -0.2) is 17.0 Å². The summed E-state index contributed by atoms with van der Waals surface area (Å²) in [6.45, 7) is 1.87. The summed E-state index contributed by atoms with van der Waals surface area (Å²) in [6.07, 6.45) is 1.38. The van der Waals surface area contributed by atoms with Crippen LogP contribution in [-0.2, 0) is 0 Å². The van der Waals surface area contributed by atoms with Crippen LogP contribution in [0.15, 0.2) is 65.8 Å². The van der Waals surface area contributed by atoms with Gasteiger partial charge in [0.2, 0.25) is 0 Å². The summed E-state index contributed by atoms with van der Waals surface area (Å²) in [5.41, 5.74) is 4.41. The van der Waals surface area contributed by atoms with Crippen LogP contribution in [0.4, 0.5) is 5.69 Å². The second kappa shape index (κ2) is 6.92. The average Bonchev–Trinajstić information content (AvgIpc) is 2.61. The lowest BCUT2D eigenvalue weighted by Gasteiger charge is -2.08. The first-order valence-electron chi connectivity index (χ1n) is 7.62. The number of nitrogens with zero attached hydrogens (tertiary/aromatic N) is 2. The third kappa shape index (κ3) is 3.53. The lowest BCUT2D eigenvalue weighted by atomic mass is 9.99. The van der Waals surface area contributed by atoms with E-state index in [0.717, 1.165) is 16.3 Å².